The topological polar surface area (TPSA) is 73.9 Å². The van der Waals surface area contributed by atoms with Crippen LogP contribution in [0.5, 0.6) is 11.5 Å². The average molecular weight is 391 g/mol. The first-order valence-corrected chi connectivity index (χ1v) is 9.61. The molecule has 1 heterocycles. The fourth-order valence-corrected chi connectivity index (χ4v) is 3.87. The number of hydrogen-bond acceptors (Lipinski definition) is 6. The van der Waals surface area contributed by atoms with Gasteiger partial charge in [0, 0.05) is 16.9 Å². The molecule has 0 aliphatic heterocycles. The lowest BCUT2D eigenvalue weighted by Gasteiger charge is -2.12. The molecule has 0 aliphatic carbocycles. The van der Waals surface area contributed by atoms with Crippen LogP contribution < -0.4 is 14.8 Å². The fourth-order valence-electron chi connectivity index (χ4n) is 2.79. The third kappa shape index (κ3) is 4.60. The maximum absolute atomic E-state index is 12.7. The van der Waals surface area contributed by atoms with Crippen molar-refractivity contribution in [3.05, 3.63) is 28.6 Å². The molecule has 0 fully saturated rings. The average Bonchev–Trinajstić information content (AvgIpc) is 2.97. The number of amides is 1. The van der Waals surface area contributed by atoms with Crippen molar-refractivity contribution < 1.29 is 23.8 Å². The van der Waals surface area contributed by atoms with Crippen LogP contribution in [0.1, 0.15) is 41.9 Å². The molecule has 2 aromatic rings. The smallest absolute Gasteiger partial charge is 0.341 e. The summed E-state index contributed by atoms with van der Waals surface area (Å²) in [4.78, 5) is 25.7. The third-order valence-electron chi connectivity index (χ3n) is 3.97. The summed E-state index contributed by atoms with van der Waals surface area (Å²) < 4.78 is 15.9. The first kappa shape index (κ1) is 20.8. The Hall–Kier alpha value is -2.54. The zero-order valence-corrected chi connectivity index (χ0v) is 17.1. The van der Waals surface area contributed by atoms with Crippen LogP contribution in [-0.4, -0.2) is 32.7 Å². The number of thiophene rings is 1. The number of ether oxygens (including phenoxy) is 3. The lowest BCUT2D eigenvalue weighted by Crippen LogP contribution is -2.14. The Labute approximate surface area is 163 Å². The molecule has 2 rings (SSSR count). The minimum absolute atomic E-state index is 0.122. The molecule has 0 bridgehead atoms. The maximum Gasteiger partial charge on any atom is 0.341 e. The van der Waals surface area contributed by atoms with Crippen LogP contribution >= 0.6 is 11.3 Å². The van der Waals surface area contributed by atoms with Crippen molar-refractivity contribution in [2.75, 3.05) is 26.1 Å². The summed E-state index contributed by atoms with van der Waals surface area (Å²) in [5.41, 5.74) is 1.89. The molecule has 0 saturated heterocycles. The highest BCUT2D eigenvalue weighted by atomic mass is 32.1. The van der Waals surface area contributed by atoms with Crippen molar-refractivity contribution in [3.8, 4) is 22.6 Å². The number of aryl methyl sites for hydroxylation is 1. The van der Waals surface area contributed by atoms with Crippen molar-refractivity contribution >= 4 is 28.2 Å². The summed E-state index contributed by atoms with van der Waals surface area (Å²) in [5.74, 6) is 0.580. The molecule has 0 unspecified atom stereocenters. The Kier molecular flexibility index (Phi) is 7.24. The number of hydrogen-bond donors (Lipinski definition) is 1. The second-order valence-electron chi connectivity index (χ2n) is 5.83. The molecule has 0 radical (unpaired) electrons. The number of esters is 1. The van der Waals surface area contributed by atoms with Crippen LogP contribution in [0.25, 0.3) is 11.1 Å². The van der Waals surface area contributed by atoms with Crippen LogP contribution in [0, 0.1) is 6.92 Å². The van der Waals surface area contributed by atoms with Crippen molar-refractivity contribution in [1.29, 1.82) is 0 Å². The summed E-state index contributed by atoms with van der Waals surface area (Å²) >= 11 is 1.36. The van der Waals surface area contributed by atoms with Gasteiger partial charge in [-0.05, 0) is 38.0 Å². The number of anilines is 1. The van der Waals surface area contributed by atoms with E-state index in [9.17, 15) is 9.59 Å². The van der Waals surface area contributed by atoms with Gasteiger partial charge >= 0.3 is 5.97 Å². The van der Waals surface area contributed by atoms with E-state index in [2.05, 4.69) is 5.32 Å². The minimum Gasteiger partial charge on any atom is -0.493 e. The second-order valence-corrected chi connectivity index (χ2v) is 7.05. The van der Waals surface area contributed by atoms with Gasteiger partial charge < -0.3 is 19.5 Å². The van der Waals surface area contributed by atoms with Gasteiger partial charge in [-0.1, -0.05) is 13.0 Å². The van der Waals surface area contributed by atoms with Crippen LogP contribution in [0.4, 0.5) is 5.00 Å². The first-order chi connectivity index (χ1) is 13.0. The van der Waals surface area contributed by atoms with E-state index in [1.165, 1.54) is 11.3 Å². The Morgan fingerprint density at radius 1 is 1.11 bits per heavy atom. The van der Waals surface area contributed by atoms with Gasteiger partial charge in [-0.25, -0.2) is 4.79 Å². The summed E-state index contributed by atoms with van der Waals surface area (Å²) in [5, 5.41) is 3.36. The van der Waals surface area contributed by atoms with Gasteiger partial charge in [0.05, 0.1) is 20.8 Å². The standard InChI is InChI=1S/C20H25NO5S/c1-6-8-16(22)21-19-18(20(23)26-7-2)17(12(3)27-19)13-9-10-14(24-4)15(11-13)25-5/h9-11H,6-8H2,1-5H3,(H,21,22). The van der Waals surface area contributed by atoms with Crippen molar-refractivity contribution in [2.45, 2.75) is 33.6 Å². The van der Waals surface area contributed by atoms with E-state index in [0.29, 0.717) is 28.5 Å². The molecule has 146 valence electrons. The molecular formula is C20H25NO5S. The Morgan fingerprint density at radius 2 is 1.81 bits per heavy atom. The predicted molar refractivity (Wildman–Crippen MR) is 107 cm³/mol. The summed E-state index contributed by atoms with van der Waals surface area (Å²) in [6.07, 6.45) is 1.12. The summed E-state index contributed by atoms with van der Waals surface area (Å²) in [7, 11) is 3.13. The predicted octanol–water partition coefficient (Wildman–Crippen LogP) is 4.66. The van der Waals surface area contributed by atoms with E-state index < -0.39 is 5.97 Å². The van der Waals surface area contributed by atoms with E-state index in [4.69, 9.17) is 14.2 Å². The van der Waals surface area contributed by atoms with Gasteiger partial charge in [-0.2, -0.15) is 0 Å². The van der Waals surface area contributed by atoms with E-state index in [1.807, 2.05) is 26.0 Å². The SMILES string of the molecule is CCCC(=O)Nc1sc(C)c(-c2ccc(OC)c(OC)c2)c1C(=O)OCC. The zero-order chi connectivity index (χ0) is 20.0. The van der Waals surface area contributed by atoms with E-state index in [1.54, 1.807) is 27.2 Å². The number of carbonyl (C=O) groups is 2. The quantitative estimate of drug-likeness (QED) is 0.663. The number of carbonyl (C=O) groups excluding carboxylic acids is 2. The highest BCUT2D eigenvalue weighted by Crippen LogP contribution is 2.42. The molecule has 0 aliphatic rings. The van der Waals surface area contributed by atoms with E-state index in [0.717, 1.165) is 22.4 Å². The monoisotopic (exact) mass is 391 g/mol. The number of methoxy groups -OCH3 is 2. The van der Waals surface area contributed by atoms with E-state index >= 15 is 0 Å². The number of rotatable bonds is 8. The first-order valence-electron chi connectivity index (χ1n) is 8.79. The Bertz CT molecular complexity index is 828. The molecule has 0 atom stereocenters. The van der Waals surface area contributed by atoms with E-state index in [-0.39, 0.29) is 12.5 Å². The molecular weight excluding hydrogens is 366 g/mol. The maximum atomic E-state index is 12.7. The molecule has 1 aromatic carbocycles. The second kappa shape index (κ2) is 9.41. The molecule has 1 N–H and O–H groups in total. The molecule has 7 heteroatoms. The lowest BCUT2D eigenvalue weighted by atomic mass is 10.0. The molecule has 6 nitrogen and oxygen atoms in total. The van der Waals surface area contributed by atoms with Gasteiger partial charge in [-0.15, -0.1) is 11.3 Å². The third-order valence-corrected chi connectivity index (χ3v) is 4.99. The lowest BCUT2D eigenvalue weighted by molar-refractivity contribution is -0.116. The normalized spacial score (nSPS) is 10.4. The number of nitrogens with one attached hydrogen (secondary N) is 1. The highest BCUT2D eigenvalue weighted by molar-refractivity contribution is 7.17. The zero-order valence-electron chi connectivity index (χ0n) is 16.3. The van der Waals surface area contributed by atoms with Crippen molar-refractivity contribution in [1.82, 2.24) is 0 Å². The Morgan fingerprint density at radius 3 is 2.41 bits per heavy atom. The molecule has 0 spiro atoms. The van der Waals surface area contributed by atoms with Crippen molar-refractivity contribution in [3.63, 3.8) is 0 Å². The number of benzene rings is 1. The van der Waals surface area contributed by atoms with Gasteiger partial charge in [0.25, 0.3) is 0 Å². The molecule has 1 aromatic heterocycles. The Balaban J connectivity index is 2.59. The van der Waals surface area contributed by atoms with Crippen molar-refractivity contribution in [2.24, 2.45) is 0 Å². The van der Waals surface area contributed by atoms with Gasteiger partial charge in [-0.3, -0.25) is 4.79 Å². The molecule has 0 saturated carbocycles. The molecule has 1 amide bonds. The van der Waals surface area contributed by atoms with Gasteiger partial charge in [0.15, 0.2) is 11.5 Å². The summed E-state index contributed by atoms with van der Waals surface area (Å²) in [6.45, 7) is 5.85. The van der Waals surface area contributed by atoms with Gasteiger partial charge in [0.2, 0.25) is 5.91 Å². The van der Waals surface area contributed by atoms with Gasteiger partial charge in [0.1, 0.15) is 10.6 Å². The van der Waals surface area contributed by atoms with Crippen LogP contribution in [0.15, 0.2) is 18.2 Å². The van der Waals surface area contributed by atoms with Crippen LogP contribution in [-0.2, 0) is 9.53 Å². The van der Waals surface area contributed by atoms with Crippen LogP contribution in [0.2, 0.25) is 0 Å². The fraction of sp³-hybridized carbons (Fsp3) is 0.400. The molecule has 27 heavy (non-hydrogen) atoms. The summed E-state index contributed by atoms with van der Waals surface area (Å²) in [6, 6.07) is 5.46. The van der Waals surface area contributed by atoms with Crippen LogP contribution in [0.3, 0.4) is 0 Å². The minimum atomic E-state index is -0.460. The highest BCUT2D eigenvalue weighted by Gasteiger charge is 2.26. The largest absolute Gasteiger partial charge is 0.493 e.